The number of carbonyl (C=O) groups is 3. The number of rotatable bonds is 41. The highest BCUT2D eigenvalue weighted by Crippen LogP contribution is 2.42. The summed E-state index contributed by atoms with van der Waals surface area (Å²) in [5, 5.41) is 47.7. The van der Waals surface area contributed by atoms with Gasteiger partial charge in [0, 0.05) is 177 Å². The van der Waals surface area contributed by atoms with E-state index in [1.54, 1.807) is 24.3 Å². The van der Waals surface area contributed by atoms with Crippen molar-refractivity contribution in [1.29, 1.82) is 10.5 Å². The smallest absolute Gasteiger partial charge is 0.333 e. The third-order valence-corrected chi connectivity index (χ3v) is 21.2. The first-order valence-electron chi connectivity index (χ1n) is 44.6. The Morgan fingerprint density at radius 1 is 0.377 bits per heavy atom. The van der Waals surface area contributed by atoms with Gasteiger partial charge in [0.25, 0.3) is 11.4 Å². The van der Waals surface area contributed by atoms with Gasteiger partial charge in [0.15, 0.2) is 0 Å². The molecule has 10 rings (SSSR count). The van der Waals surface area contributed by atoms with Crippen LogP contribution in [0.4, 0.5) is 85.3 Å². The van der Waals surface area contributed by atoms with Crippen LogP contribution >= 0.6 is 0 Å². The molecule has 0 aliphatic heterocycles. The monoisotopic (exact) mass is 1750 g/mol. The van der Waals surface area contributed by atoms with E-state index in [2.05, 4.69) is 227 Å². The first-order valence-corrected chi connectivity index (χ1v) is 44.6. The van der Waals surface area contributed by atoms with Crippen molar-refractivity contribution >= 4 is 121 Å². The molecule has 130 heavy (non-hydrogen) atoms. The van der Waals surface area contributed by atoms with Gasteiger partial charge in [-0.25, -0.2) is 14.5 Å². The van der Waals surface area contributed by atoms with Crippen LogP contribution in [0.1, 0.15) is 149 Å². The van der Waals surface area contributed by atoms with E-state index in [-0.39, 0.29) is 11.4 Å². The van der Waals surface area contributed by atoms with Gasteiger partial charge in [0.2, 0.25) is 5.70 Å². The molecule has 0 amide bonds. The molecule has 1 aliphatic rings. The zero-order chi connectivity index (χ0) is 94.8. The van der Waals surface area contributed by atoms with Gasteiger partial charge in [-0.1, -0.05) is 143 Å². The number of carboxylic acids is 3. The molecule has 1 fully saturated rings. The summed E-state index contributed by atoms with van der Waals surface area (Å²) in [7, 11) is 8.01. The van der Waals surface area contributed by atoms with Gasteiger partial charge < -0.3 is 75.7 Å². The first-order chi connectivity index (χ1) is 62.4. The van der Waals surface area contributed by atoms with E-state index in [1.165, 1.54) is 68.1 Å². The van der Waals surface area contributed by atoms with Crippen LogP contribution in [-0.2, 0) is 14.4 Å². The van der Waals surface area contributed by atoms with Crippen molar-refractivity contribution in [2.24, 2.45) is 35.1 Å². The number of hydrogen-bond acceptors (Lipinski definition) is 17. The number of nitrogens with two attached hydrogens (primary N) is 2. The second-order valence-electron chi connectivity index (χ2n) is 34.0. The fourth-order valence-corrected chi connectivity index (χ4v) is 15.0. The number of hydrogen-bond donors (Lipinski definition) is 4. The largest absolute Gasteiger partial charge is 0.558 e. The van der Waals surface area contributed by atoms with Gasteiger partial charge in [-0.3, -0.25) is 9.59 Å². The van der Waals surface area contributed by atoms with Crippen molar-refractivity contribution in [2.45, 2.75) is 132 Å². The van der Waals surface area contributed by atoms with Crippen LogP contribution in [-0.4, -0.2) is 109 Å². The number of aliphatic carboxylic acids is 3. The minimum Gasteiger partial charge on any atom is -0.558 e. The molecule has 0 unspecified atom stereocenters. The summed E-state index contributed by atoms with van der Waals surface area (Å²) in [4.78, 5) is 62.7. The second-order valence-corrected chi connectivity index (χ2v) is 34.0. The Morgan fingerprint density at radius 3 is 0.777 bits per heavy atom. The fourth-order valence-electron chi connectivity index (χ4n) is 15.0. The summed E-state index contributed by atoms with van der Waals surface area (Å²) in [5.41, 5.74) is 29.2. The molecule has 678 valence electrons. The van der Waals surface area contributed by atoms with E-state index in [9.17, 15) is 29.7 Å². The van der Waals surface area contributed by atoms with Crippen LogP contribution in [0.5, 0.6) is 0 Å². The van der Waals surface area contributed by atoms with Crippen molar-refractivity contribution in [3.8, 4) is 12.1 Å². The molecule has 9 aromatic rings. The topological polar surface area (TPSA) is 257 Å². The predicted molar refractivity (Wildman–Crippen MR) is 538 cm³/mol. The molecule has 0 heterocycles. The van der Waals surface area contributed by atoms with Crippen LogP contribution in [0.25, 0.3) is 32.8 Å². The molecule has 0 radical (unpaired) electrons. The lowest BCUT2D eigenvalue weighted by atomic mass is 10.0. The molecule has 1 saturated carbocycles. The minimum atomic E-state index is -1.48. The van der Waals surface area contributed by atoms with Crippen molar-refractivity contribution in [1.82, 2.24) is 0 Å². The number of unbranched alkanes of at least 4 members (excludes halogenated alkanes) is 2. The molecular weight excluding hydrogens is 1620 g/mol. The summed E-state index contributed by atoms with van der Waals surface area (Å²) in [6.07, 6.45) is 16.6. The zero-order valence-corrected chi connectivity index (χ0v) is 77.8. The highest BCUT2D eigenvalue weighted by Gasteiger charge is 2.23. The third kappa shape index (κ3) is 32.2. The quantitative estimate of drug-likeness (QED) is 0.0158. The molecular formula is C108H129N16O6-. The first kappa shape index (κ1) is 103. The standard InChI is InChI=1S/C38H42N8O2.C38H50N4O2.C26H26N4O2.C6H12/c1-29(20-24-41)44(26-6-4-22-39)32-12-16-35(17-13-32)46(34-10-8-31(9-11-34)28-37(43-3)38(47)48)36-18-14-33(15-19-36)45(27-7-5-23-40)30(2)21-25-42;1-27(2)23-40(24-28(3)4)32-14-18-35(19-15-32)42(34-12-10-31(11-13-34)22-37(39-9)38(43)44)36-20-16-33(17-21-36)41(25-29(5)6)26-30(7)8;1-27-25(26(31)32)18-19-6-8-22(9-7-19)30(23-14-10-20(11-15-23)28(2)3)24-16-12-21(13-17-24)29(4)5;1-2-4-6-5-3-1/h8-19,28H,1-2,4-7,20-21,24-27,41-42H2,(H,47,48);10-22,27-30H,23-26H2,1-8H3,(H,43,44);6-18H,2-5H3,(H,31,32);1-6H2/p-1/b37-28-;37-22-;25-18-;. The van der Waals surface area contributed by atoms with E-state index in [0.29, 0.717) is 105 Å². The van der Waals surface area contributed by atoms with Crippen molar-refractivity contribution in [3.63, 3.8) is 0 Å². The van der Waals surface area contributed by atoms with E-state index in [0.717, 1.165) is 112 Å². The summed E-state index contributed by atoms with van der Waals surface area (Å²) in [5.74, 6) is -1.73. The Hall–Kier alpha value is -14.3. The maximum atomic E-state index is 11.4. The summed E-state index contributed by atoms with van der Waals surface area (Å²) < 4.78 is 0. The maximum absolute atomic E-state index is 11.4. The maximum Gasteiger partial charge on any atom is 0.333 e. The van der Waals surface area contributed by atoms with Gasteiger partial charge >= 0.3 is 11.9 Å². The molecule has 0 saturated heterocycles. The minimum absolute atomic E-state index is 0.305. The van der Waals surface area contributed by atoms with Gasteiger partial charge in [0.1, 0.15) is 0 Å². The molecule has 0 spiro atoms. The van der Waals surface area contributed by atoms with E-state index < -0.39 is 23.6 Å². The normalized spacial score (nSPS) is 11.7. The Balaban J connectivity index is 0.000000262. The summed E-state index contributed by atoms with van der Waals surface area (Å²) in [6, 6.07) is 77.0. The second kappa shape index (κ2) is 53.3. The van der Waals surface area contributed by atoms with Gasteiger partial charge in [-0.2, -0.15) is 10.5 Å². The Kier molecular flexibility index (Phi) is 42.1. The van der Waals surface area contributed by atoms with Gasteiger partial charge in [-0.15, -0.1) is 0 Å². The van der Waals surface area contributed by atoms with Crippen molar-refractivity contribution in [3.05, 3.63) is 311 Å². The number of anilines is 15. The van der Waals surface area contributed by atoms with E-state index in [4.69, 9.17) is 41.7 Å². The molecule has 6 N–H and O–H groups in total. The molecule has 0 atom stereocenters. The lowest BCUT2D eigenvalue weighted by Crippen LogP contribution is -2.31. The lowest BCUT2D eigenvalue weighted by molar-refractivity contribution is -0.298. The Morgan fingerprint density at radius 2 is 0.585 bits per heavy atom. The molecule has 22 heteroatoms. The third-order valence-electron chi connectivity index (χ3n) is 21.2. The molecule has 22 nitrogen and oxygen atoms in total. The Bertz CT molecular complexity index is 5160. The molecule has 0 aromatic heterocycles. The number of carbonyl (C=O) groups excluding carboxylic acids is 1. The number of benzene rings is 9. The van der Waals surface area contributed by atoms with Gasteiger partial charge in [0.05, 0.1) is 37.8 Å². The van der Waals surface area contributed by atoms with Crippen LogP contribution in [0.3, 0.4) is 0 Å². The molecule has 0 bridgehead atoms. The van der Waals surface area contributed by atoms with Crippen LogP contribution in [0.15, 0.2) is 260 Å². The lowest BCUT2D eigenvalue weighted by Gasteiger charge is -2.31. The van der Waals surface area contributed by atoms with Crippen LogP contribution < -0.4 is 60.7 Å². The highest BCUT2D eigenvalue weighted by atomic mass is 16.4. The van der Waals surface area contributed by atoms with Crippen LogP contribution in [0.2, 0.25) is 0 Å². The summed E-state index contributed by atoms with van der Waals surface area (Å²) in [6.45, 7) is 54.1. The number of nitriles is 2. The summed E-state index contributed by atoms with van der Waals surface area (Å²) >= 11 is 0. The fraction of sp³-hybridized carbons (Fsp3) is 0.333. The molecule has 9 aromatic carbocycles. The Labute approximate surface area is 772 Å². The van der Waals surface area contributed by atoms with E-state index in [1.807, 2.05) is 135 Å². The van der Waals surface area contributed by atoms with Crippen molar-refractivity contribution in [2.75, 3.05) is 125 Å². The zero-order valence-electron chi connectivity index (χ0n) is 77.8. The average Bonchev–Trinajstić information content (AvgIpc) is 0.802. The van der Waals surface area contributed by atoms with E-state index >= 15 is 0 Å². The van der Waals surface area contributed by atoms with Crippen LogP contribution in [0, 0.1) is 66.1 Å². The van der Waals surface area contributed by atoms with Gasteiger partial charge in [-0.05, 0) is 279 Å². The predicted octanol–water partition coefficient (Wildman–Crippen LogP) is 23.8. The molecule has 1 aliphatic carbocycles. The average molecular weight is 1750 g/mol. The number of carboxylic acid groups (broad SMARTS) is 3. The number of nitrogens with zero attached hydrogens (tertiary/aromatic N) is 14. The van der Waals surface area contributed by atoms with Crippen molar-refractivity contribution < 1.29 is 29.7 Å². The SMILES string of the molecule is C1CCCCC1.[C-]#[N+]/C(=C\c1ccc(N(c2ccc(N(C)C)cc2)c2ccc(N(C)C)cc2)cc1)C(=O)[O-].[C-]#[N+]/C(=C\c1ccc(N(c2ccc(N(CC(C)C)CC(C)C)cc2)c2ccc(N(CC(C)C)CC(C)C)cc2)cc1)C(=O)O.[C-]#[N+]/C(=C\c1ccc(N(c2ccc(N(CCCC#N)C(=C)CCN)cc2)c2ccc(N(CCCC#N)C(=C)CCN)cc2)cc1)C(=O)O. The highest BCUT2D eigenvalue weighted by molar-refractivity contribution is 5.96.